The molecule has 0 saturated heterocycles. The molecule has 0 bridgehead atoms. The molecule has 0 aliphatic carbocycles. The molecule has 0 spiro atoms. The number of hydrogen-bond acceptors (Lipinski definition) is 2. The molecular weight excluding hydrogens is 253 g/mol. The van der Waals surface area contributed by atoms with Crippen LogP contribution in [0.15, 0.2) is 18.2 Å². The van der Waals surface area contributed by atoms with Crippen molar-refractivity contribution in [2.45, 2.75) is 6.92 Å². The van der Waals surface area contributed by atoms with Gasteiger partial charge in [-0.1, -0.05) is 0 Å². The van der Waals surface area contributed by atoms with E-state index in [-0.39, 0.29) is 16.5 Å². The van der Waals surface area contributed by atoms with E-state index in [1.54, 1.807) is 6.92 Å². The van der Waals surface area contributed by atoms with Crippen molar-refractivity contribution in [2.24, 2.45) is 0 Å². The van der Waals surface area contributed by atoms with Crippen molar-refractivity contribution in [3.05, 3.63) is 46.6 Å². The van der Waals surface area contributed by atoms with Gasteiger partial charge in [0.15, 0.2) is 11.6 Å². The molecule has 0 unspecified atom stereocenters. The van der Waals surface area contributed by atoms with Crippen molar-refractivity contribution in [1.82, 2.24) is 9.97 Å². The van der Waals surface area contributed by atoms with E-state index in [0.29, 0.717) is 11.8 Å². The molecule has 1 aromatic carbocycles. The van der Waals surface area contributed by atoms with Crippen molar-refractivity contribution in [2.75, 3.05) is 0 Å². The third-order valence-electron chi connectivity index (χ3n) is 2.11. The minimum Gasteiger partial charge on any atom is -0.223 e. The Kier molecular flexibility index (Phi) is 3.02. The van der Waals surface area contributed by atoms with E-state index in [1.165, 1.54) is 6.07 Å². The fourth-order valence-corrected chi connectivity index (χ4v) is 1.61. The molecule has 1 aromatic heterocycles. The Hall–Kier alpha value is -1.62. The Labute approximate surface area is 100 Å². The van der Waals surface area contributed by atoms with E-state index in [4.69, 9.17) is 11.6 Å². The summed E-state index contributed by atoms with van der Waals surface area (Å²) in [4.78, 5) is 7.55. The molecule has 17 heavy (non-hydrogen) atoms. The summed E-state index contributed by atoms with van der Waals surface area (Å²) < 4.78 is 39.3. The molecule has 0 amide bonds. The number of hydrogen-bond donors (Lipinski definition) is 0. The van der Waals surface area contributed by atoms with Gasteiger partial charge in [-0.25, -0.2) is 23.1 Å². The second-order valence-electron chi connectivity index (χ2n) is 3.41. The van der Waals surface area contributed by atoms with Crippen LogP contribution in [0.2, 0.25) is 5.28 Å². The highest BCUT2D eigenvalue weighted by Gasteiger charge is 2.13. The molecule has 2 nitrogen and oxygen atoms in total. The maximum absolute atomic E-state index is 13.5. The van der Waals surface area contributed by atoms with Crippen LogP contribution in [0.25, 0.3) is 11.3 Å². The van der Waals surface area contributed by atoms with Gasteiger partial charge in [0.25, 0.3) is 0 Å². The maximum atomic E-state index is 13.5. The number of nitrogens with zero attached hydrogens (tertiary/aromatic N) is 2. The molecule has 0 saturated carbocycles. The molecule has 2 aromatic rings. The molecule has 0 radical (unpaired) electrons. The van der Waals surface area contributed by atoms with Crippen LogP contribution in [0, 0.1) is 24.4 Å². The molecule has 88 valence electrons. The summed E-state index contributed by atoms with van der Waals surface area (Å²) in [5.41, 5.74) is 0.458. The minimum atomic E-state index is -1.25. The summed E-state index contributed by atoms with van der Waals surface area (Å²) in [5, 5.41) is -0.0795. The lowest BCUT2D eigenvalue weighted by Crippen LogP contribution is -1.96. The topological polar surface area (TPSA) is 25.8 Å². The summed E-state index contributed by atoms with van der Waals surface area (Å²) in [6, 6.07) is 2.64. The highest BCUT2D eigenvalue weighted by atomic mass is 35.5. The second kappa shape index (κ2) is 4.33. The minimum absolute atomic E-state index is 0.0795. The van der Waals surface area contributed by atoms with Crippen molar-refractivity contribution in [1.29, 1.82) is 0 Å². The number of aromatic nitrogens is 2. The van der Waals surface area contributed by atoms with Gasteiger partial charge in [-0.15, -0.1) is 0 Å². The largest absolute Gasteiger partial charge is 0.223 e. The fourth-order valence-electron chi connectivity index (χ4n) is 1.39. The van der Waals surface area contributed by atoms with Crippen LogP contribution in [-0.4, -0.2) is 9.97 Å². The second-order valence-corrected chi connectivity index (χ2v) is 3.75. The molecule has 1 heterocycles. The van der Waals surface area contributed by atoms with E-state index >= 15 is 0 Å². The third-order valence-corrected chi connectivity index (χ3v) is 2.28. The first-order valence-electron chi connectivity index (χ1n) is 4.63. The van der Waals surface area contributed by atoms with E-state index < -0.39 is 17.5 Å². The predicted molar refractivity (Wildman–Crippen MR) is 57.1 cm³/mol. The van der Waals surface area contributed by atoms with Crippen LogP contribution in [0.3, 0.4) is 0 Å². The van der Waals surface area contributed by atoms with E-state index in [1.807, 2.05) is 0 Å². The van der Waals surface area contributed by atoms with Gasteiger partial charge in [0.2, 0.25) is 5.28 Å². The van der Waals surface area contributed by atoms with Gasteiger partial charge in [-0.3, -0.25) is 0 Å². The average molecular weight is 259 g/mol. The number of rotatable bonds is 1. The van der Waals surface area contributed by atoms with E-state index in [0.717, 1.165) is 6.07 Å². The molecule has 0 aliphatic rings. The van der Waals surface area contributed by atoms with Crippen molar-refractivity contribution < 1.29 is 13.2 Å². The Morgan fingerprint density at radius 1 is 0.941 bits per heavy atom. The third kappa shape index (κ3) is 2.39. The van der Waals surface area contributed by atoms with Gasteiger partial charge in [0.05, 0.1) is 5.69 Å². The zero-order chi connectivity index (χ0) is 12.6. The van der Waals surface area contributed by atoms with E-state index in [2.05, 4.69) is 9.97 Å². The van der Waals surface area contributed by atoms with Gasteiger partial charge >= 0.3 is 0 Å². The molecule has 6 heteroatoms. The van der Waals surface area contributed by atoms with Crippen LogP contribution in [0.1, 0.15) is 5.69 Å². The number of halogens is 4. The highest BCUT2D eigenvalue weighted by Crippen LogP contribution is 2.24. The molecular formula is C11H6ClF3N2. The summed E-state index contributed by atoms with van der Waals surface area (Å²) in [6.07, 6.45) is 0. The molecule has 2 rings (SSSR count). The van der Waals surface area contributed by atoms with E-state index in [9.17, 15) is 13.2 Å². The SMILES string of the molecule is Cc1cc(-c2cc(F)c(F)cc2F)nc(Cl)n1. The Balaban J connectivity index is 2.64. The average Bonchev–Trinajstić information content (AvgIpc) is 2.22. The van der Waals surface area contributed by atoms with Gasteiger partial charge in [-0.05, 0) is 30.7 Å². The first-order chi connectivity index (χ1) is 7.97. The lowest BCUT2D eigenvalue weighted by molar-refractivity contribution is 0.496. The zero-order valence-electron chi connectivity index (χ0n) is 8.64. The van der Waals surface area contributed by atoms with Crippen LogP contribution >= 0.6 is 11.6 Å². The smallest absolute Gasteiger partial charge is 0.223 e. The predicted octanol–water partition coefficient (Wildman–Crippen LogP) is 3.52. The highest BCUT2D eigenvalue weighted by molar-refractivity contribution is 6.28. The number of benzene rings is 1. The van der Waals surface area contributed by atoms with Gasteiger partial charge < -0.3 is 0 Å². The van der Waals surface area contributed by atoms with Crippen LogP contribution < -0.4 is 0 Å². The zero-order valence-corrected chi connectivity index (χ0v) is 9.39. The van der Waals surface area contributed by atoms with Gasteiger partial charge in [0, 0.05) is 17.3 Å². The van der Waals surface area contributed by atoms with Gasteiger partial charge in [-0.2, -0.15) is 0 Å². The molecule has 0 atom stereocenters. The maximum Gasteiger partial charge on any atom is 0.223 e. The first-order valence-corrected chi connectivity index (χ1v) is 5.01. The standard InChI is InChI=1S/C11H6ClF3N2/c1-5-2-10(17-11(12)16-5)6-3-8(14)9(15)4-7(6)13/h2-4H,1H3. The number of aryl methyl sites for hydroxylation is 1. The summed E-state index contributed by atoms with van der Waals surface area (Å²) in [5.74, 6) is -3.30. The lowest BCUT2D eigenvalue weighted by atomic mass is 10.1. The van der Waals surface area contributed by atoms with Crippen molar-refractivity contribution in [3.63, 3.8) is 0 Å². The molecule has 0 aliphatic heterocycles. The Morgan fingerprint density at radius 2 is 1.59 bits per heavy atom. The van der Waals surface area contributed by atoms with Crippen LogP contribution in [-0.2, 0) is 0 Å². The molecule has 0 N–H and O–H groups in total. The van der Waals surface area contributed by atoms with Crippen molar-refractivity contribution >= 4 is 11.6 Å². The lowest BCUT2D eigenvalue weighted by Gasteiger charge is -2.05. The van der Waals surface area contributed by atoms with Crippen molar-refractivity contribution in [3.8, 4) is 11.3 Å². The monoisotopic (exact) mass is 258 g/mol. The van der Waals surface area contributed by atoms with Gasteiger partial charge in [0.1, 0.15) is 5.82 Å². The Morgan fingerprint density at radius 3 is 2.24 bits per heavy atom. The summed E-state index contributed by atoms with van der Waals surface area (Å²) in [6.45, 7) is 1.63. The molecule has 0 fully saturated rings. The van der Waals surface area contributed by atoms with Crippen LogP contribution in [0.4, 0.5) is 13.2 Å². The first kappa shape index (κ1) is 11.9. The normalized spacial score (nSPS) is 10.6. The fraction of sp³-hybridized carbons (Fsp3) is 0.0909. The Bertz CT molecular complexity index is 567. The van der Waals surface area contributed by atoms with Crippen LogP contribution in [0.5, 0.6) is 0 Å². The summed E-state index contributed by atoms with van der Waals surface area (Å²) >= 11 is 5.61. The quantitative estimate of drug-likeness (QED) is 0.578. The summed E-state index contributed by atoms with van der Waals surface area (Å²) in [7, 11) is 0.